The number of morpholine rings is 1. The van der Waals surface area contributed by atoms with Gasteiger partial charge in [0.05, 0.1) is 23.9 Å². The molecule has 7 heteroatoms. The first-order valence-corrected chi connectivity index (χ1v) is 6.63. The summed E-state index contributed by atoms with van der Waals surface area (Å²) in [5.41, 5.74) is 0.838. The molecule has 2 amide bonds. The maximum Gasteiger partial charge on any atom is 0.251 e. The maximum absolute atomic E-state index is 12.1. The SMILES string of the molecule is CNC(=O)c1ccc(Cl)c(NC(=O)C2COCCN2)c1. The van der Waals surface area contributed by atoms with Crippen LogP contribution in [0.25, 0.3) is 0 Å². The number of anilines is 1. The maximum atomic E-state index is 12.1. The average Bonchev–Trinajstić information content (AvgIpc) is 2.49. The number of ether oxygens (including phenoxy) is 1. The summed E-state index contributed by atoms with van der Waals surface area (Å²) in [4.78, 5) is 23.6. The van der Waals surface area contributed by atoms with Crippen LogP contribution in [0.15, 0.2) is 18.2 Å². The third kappa shape index (κ3) is 3.47. The Balaban J connectivity index is 2.11. The summed E-state index contributed by atoms with van der Waals surface area (Å²) in [7, 11) is 1.54. The molecule has 1 heterocycles. The van der Waals surface area contributed by atoms with Gasteiger partial charge >= 0.3 is 0 Å². The van der Waals surface area contributed by atoms with E-state index in [1.165, 1.54) is 0 Å². The summed E-state index contributed by atoms with van der Waals surface area (Å²) in [6.07, 6.45) is 0. The highest BCUT2D eigenvalue weighted by Crippen LogP contribution is 2.23. The Morgan fingerprint density at radius 2 is 2.25 bits per heavy atom. The summed E-state index contributed by atoms with van der Waals surface area (Å²) >= 11 is 6.03. The van der Waals surface area contributed by atoms with Gasteiger partial charge in [0.2, 0.25) is 5.91 Å². The van der Waals surface area contributed by atoms with Gasteiger partial charge in [-0.25, -0.2) is 0 Å². The smallest absolute Gasteiger partial charge is 0.251 e. The Morgan fingerprint density at radius 1 is 1.45 bits per heavy atom. The van der Waals surface area contributed by atoms with Gasteiger partial charge < -0.3 is 20.7 Å². The minimum absolute atomic E-state index is 0.236. The van der Waals surface area contributed by atoms with E-state index in [1.807, 2.05) is 0 Å². The summed E-state index contributed by atoms with van der Waals surface area (Å²) in [5, 5.41) is 8.65. The van der Waals surface area contributed by atoms with Crippen molar-refractivity contribution >= 4 is 29.1 Å². The van der Waals surface area contributed by atoms with Crippen LogP contribution in [-0.2, 0) is 9.53 Å². The van der Waals surface area contributed by atoms with Crippen LogP contribution in [0.1, 0.15) is 10.4 Å². The molecule has 0 aromatic heterocycles. The molecule has 0 aliphatic carbocycles. The zero-order chi connectivity index (χ0) is 14.5. The van der Waals surface area contributed by atoms with Crippen LogP contribution in [0.2, 0.25) is 5.02 Å². The Labute approximate surface area is 121 Å². The van der Waals surface area contributed by atoms with E-state index in [0.29, 0.717) is 36.0 Å². The first kappa shape index (κ1) is 14.8. The Kier molecular flexibility index (Phi) is 4.94. The molecule has 20 heavy (non-hydrogen) atoms. The van der Waals surface area contributed by atoms with E-state index in [0.717, 1.165) is 0 Å². The minimum Gasteiger partial charge on any atom is -0.378 e. The number of carbonyl (C=O) groups is 2. The number of carbonyl (C=O) groups excluding carboxylic acids is 2. The molecule has 108 valence electrons. The molecule has 1 saturated heterocycles. The number of benzene rings is 1. The van der Waals surface area contributed by atoms with Gasteiger partial charge in [-0.2, -0.15) is 0 Å². The first-order valence-electron chi connectivity index (χ1n) is 6.25. The van der Waals surface area contributed by atoms with Gasteiger partial charge in [0.15, 0.2) is 0 Å². The third-order valence-electron chi connectivity index (χ3n) is 2.95. The number of halogens is 1. The molecule has 1 atom stereocenters. The van der Waals surface area contributed by atoms with E-state index in [-0.39, 0.29) is 11.8 Å². The molecular weight excluding hydrogens is 282 g/mol. The third-order valence-corrected chi connectivity index (χ3v) is 3.28. The number of hydrogen-bond acceptors (Lipinski definition) is 4. The van der Waals surface area contributed by atoms with Gasteiger partial charge in [-0.1, -0.05) is 11.6 Å². The van der Waals surface area contributed by atoms with Crippen LogP contribution in [0.4, 0.5) is 5.69 Å². The van der Waals surface area contributed by atoms with Crippen LogP contribution in [0.5, 0.6) is 0 Å². The Bertz CT molecular complexity index is 516. The van der Waals surface area contributed by atoms with Crippen molar-refractivity contribution < 1.29 is 14.3 Å². The van der Waals surface area contributed by atoms with Crippen LogP contribution >= 0.6 is 11.6 Å². The molecule has 0 bridgehead atoms. The highest BCUT2D eigenvalue weighted by atomic mass is 35.5. The average molecular weight is 298 g/mol. The van der Waals surface area contributed by atoms with Crippen molar-refractivity contribution in [2.24, 2.45) is 0 Å². The molecule has 0 radical (unpaired) electrons. The second-order valence-electron chi connectivity index (χ2n) is 4.34. The van der Waals surface area contributed by atoms with Gasteiger partial charge in [0.25, 0.3) is 5.91 Å². The fourth-order valence-corrected chi connectivity index (χ4v) is 2.03. The van der Waals surface area contributed by atoms with E-state index >= 15 is 0 Å². The van der Waals surface area contributed by atoms with Crippen molar-refractivity contribution in [2.75, 3.05) is 32.1 Å². The lowest BCUT2D eigenvalue weighted by Crippen LogP contribution is -2.48. The highest BCUT2D eigenvalue weighted by Gasteiger charge is 2.22. The molecule has 1 fully saturated rings. The Morgan fingerprint density at radius 3 is 2.90 bits per heavy atom. The predicted molar refractivity (Wildman–Crippen MR) is 76.1 cm³/mol. The molecule has 6 nitrogen and oxygen atoms in total. The standard InChI is InChI=1S/C13H16ClN3O3/c1-15-12(18)8-2-3-9(14)10(6-8)17-13(19)11-7-20-5-4-16-11/h2-3,6,11,16H,4-5,7H2,1H3,(H,15,18)(H,17,19). The quantitative estimate of drug-likeness (QED) is 0.764. The molecule has 1 unspecified atom stereocenters. The van der Waals surface area contributed by atoms with Crippen molar-refractivity contribution in [3.63, 3.8) is 0 Å². The fraction of sp³-hybridized carbons (Fsp3) is 0.385. The van der Waals surface area contributed by atoms with Crippen molar-refractivity contribution in [2.45, 2.75) is 6.04 Å². The van der Waals surface area contributed by atoms with Crippen LogP contribution in [-0.4, -0.2) is 44.7 Å². The lowest BCUT2D eigenvalue weighted by molar-refractivity contribution is -0.120. The monoisotopic (exact) mass is 297 g/mol. The molecule has 0 saturated carbocycles. The lowest BCUT2D eigenvalue weighted by atomic mass is 10.1. The molecule has 1 aromatic rings. The number of nitrogens with one attached hydrogen (secondary N) is 3. The summed E-state index contributed by atoms with van der Waals surface area (Å²) < 4.78 is 5.23. The number of amides is 2. The highest BCUT2D eigenvalue weighted by molar-refractivity contribution is 6.34. The topological polar surface area (TPSA) is 79.5 Å². The predicted octanol–water partition coefficient (Wildman–Crippen LogP) is 0.626. The summed E-state index contributed by atoms with van der Waals surface area (Å²) in [6, 6.07) is 4.30. The zero-order valence-corrected chi connectivity index (χ0v) is 11.8. The van der Waals surface area contributed by atoms with Crippen molar-refractivity contribution in [1.29, 1.82) is 0 Å². The van der Waals surface area contributed by atoms with E-state index in [9.17, 15) is 9.59 Å². The number of rotatable bonds is 3. The van der Waals surface area contributed by atoms with E-state index < -0.39 is 6.04 Å². The first-order chi connectivity index (χ1) is 9.61. The molecule has 0 spiro atoms. The fourth-order valence-electron chi connectivity index (χ4n) is 1.86. The van der Waals surface area contributed by atoms with Crippen LogP contribution < -0.4 is 16.0 Å². The van der Waals surface area contributed by atoms with E-state index in [1.54, 1.807) is 25.2 Å². The second-order valence-corrected chi connectivity index (χ2v) is 4.75. The lowest BCUT2D eigenvalue weighted by Gasteiger charge is -2.23. The molecular formula is C13H16ClN3O3. The van der Waals surface area contributed by atoms with Crippen LogP contribution in [0.3, 0.4) is 0 Å². The van der Waals surface area contributed by atoms with Crippen LogP contribution in [0, 0.1) is 0 Å². The van der Waals surface area contributed by atoms with Crippen molar-refractivity contribution in [3.8, 4) is 0 Å². The van der Waals surface area contributed by atoms with E-state index in [4.69, 9.17) is 16.3 Å². The molecule has 3 N–H and O–H groups in total. The van der Waals surface area contributed by atoms with Gasteiger partial charge in [-0.05, 0) is 18.2 Å². The molecule has 2 rings (SSSR count). The number of hydrogen-bond donors (Lipinski definition) is 3. The normalized spacial score (nSPS) is 18.4. The molecule has 1 aromatic carbocycles. The van der Waals surface area contributed by atoms with Crippen molar-refractivity contribution in [1.82, 2.24) is 10.6 Å². The van der Waals surface area contributed by atoms with Crippen molar-refractivity contribution in [3.05, 3.63) is 28.8 Å². The van der Waals surface area contributed by atoms with Gasteiger partial charge in [-0.3, -0.25) is 9.59 Å². The Hall–Kier alpha value is -1.63. The van der Waals surface area contributed by atoms with Gasteiger partial charge in [0, 0.05) is 19.2 Å². The minimum atomic E-state index is -0.413. The second kappa shape index (κ2) is 6.69. The summed E-state index contributed by atoms with van der Waals surface area (Å²) in [5.74, 6) is -0.475. The van der Waals surface area contributed by atoms with Gasteiger partial charge in [0.1, 0.15) is 6.04 Å². The zero-order valence-electron chi connectivity index (χ0n) is 11.0. The van der Waals surface area contributed by atoms with E-state index in [2.05, 4.69) is 16.0 Å². The van der Waals surface area contributed by atoms with Gasteiger partial charge in [-0.15, -0.1) is 0 Å². The molecule has 1 aliphatic rings. The molecule has 1 aliphatic heterocycles. The summed E-state index contributed by atoms with van der Waals surface area (Å²) in [6.45, 7) is 1.54. The largest absolute Gasteiger partial charge is 0.378 e.